The van der Waals surface area contributed by atoms with E-state index in [1.165, 1.54) is 6.20 Å². The van der Waals surface area contributed by atoms with Gasteiger partial charge in [-0.3, -0.25) is 9.78 Å². The largest absolute Gasteiger partial charge is 0.417 e. The Bertz CT molecular complexity index is 1160. The topological polar surface area (TPSA) is 59.8 Å². The lowest BCUT2D eigenvalue weighted by atomic mass is 10.0. The van der Waals surface area contributed by atoms with Crippen LogP contribution in [0.15, 0.2) is 30.5 Å². The van der Waals surface area contributed by atoms with Crippen molar-refractivity contribution < 1.29 is 22.4 Å². The fraction of sp³-hybridized carbons (Fsp3) is 0.250. The number of amides is 1. The van der Waals surface area contributed by atoms with Gasteiger partial charge in [-0.1, -0.05) is 11.6 Å². The third-order valence-electron chi connectivity index (χ3n) is 4.85. The first-order chi connectivity index (χ1) is 14.1. The van der Waals surface area contributed by atoms with Gasteiger partial charge in [-0.05, 0) is 36.8 Å². The predicted molar refractivity (Wildman–Crippen MR) is 101 cm³/mol. The molecule has 4 rings (SSSR count). The van der Waals surface area contributed by atoms with Gasteiger partial charge < -0.3 is 5.32 Å². The molecule has 10 heteroatoms. The molecule has 0 saturated heterocycles. The summed E-state index contributed by atoms with van der Waals surface area (Å²) >= 11 is 5.48. The molecule has 1 aromatic carbocycles. The number of halogens is 5. The van der Waals surface area contributed by atoms with E-state index in [2.05, 4.69) is 15.4 Å². The molecular formula is C20H15ClF4N4O. The number of hydrogen-bond donors (Lipinski definition) is 1. The molecule has 156 valence electrons. The van der Waals surface area contributed by atoms with Gasteiger partial charge in [0.15, 0.2) is 0 Å². The Kier molecular flexibility index (Phi) is 5.01. The van der Waals surface area contributed by atoms with Crippen LogP contribution in [0.4, 0.5) is 17.6 Å². The van der Waals surface area contributed by atoms with Gasteiger partial charge in [-0.15, -0.1) is 0 Å². The fourth-order valence-electron chi connectivity index (χ4n) is 3.55. The van der Waals surface area contributed by atoms with Crippen molar-refractivity contribution in [2.45, 2.75) is 25.9 Å². The first-order valence-corrected chi connectivity index (χ1v) is 9.40. The van der Waals surface area contributed by atoms with Gasteiger partial charge in [-0.25, -0.2) is 9.07 Å². The van der Waals surface area contributed by atoms with E-state index >= 15 is 0 Å². The molecule has 30 heavy (non-hydrogen) atoms. The Morgan fingerprint density at radius 1 is 1.27 bits per heavy atom. The van der Waals surface area contributed by atoms with E-state index in [1.807, 2.05) is 0 Å². The van der Waals surface area contributed by atoms with Gasteiger partial charge in [0.05, 0.1) is 33.2 Å². The van der Waals surface area contributed by atoms with Crippen molar-refractivity contribution in [3.63, 3.8) is 0 Å². The van der Waals surface area contributed by atoms with E-state index in [9.17, 15) is 22.4 Å². The molecule has 3 aromatic rings. The number of hydrogen-bond acceptors (Lipinski definition) is 3. The van der Waals surface area contributed by atoms with Crippen LogP contribution in [0, 0.1) is 12.7 Å². The molecular weight excluding hydrogens is 424 g/mol. The van der Waals surface area contributed by atoms with Crippen LogP contribution in [0.5, 0.6) is 0 Å². The summed E-state index contributed by atoms with van der Waals surface area (Å²) in [7, 11) is 0. The number of pyridine rings is 1. The van der Waals surface area contributed by atoms with Crippen molar-refractivity contribution in [1.82, 2.24) is 20.1 Å². The summed E-state index contributed by atoms with van der Waals surface area (Å²) in [5.41, 5.74) is 1.76. The number of alkyl halides is 3. The lowest BCUT2D eigenvalue weighted by Crippen LogP contribution is -2.32. The number of aryl methyl sites for hydroxylation is 1. The summed E-state index contributed by atoms with van der Waals surface area (Å²) in [4.78, 5) is 16.3. The third-order valence-corrected chi connectivity index (χ3v) is 5.24. The molecule has 0 unspecified atom stereocenters. The molecule has 0 aliphatic carbocycles. The van der Waals surface area contributed by atoms with E-state index in [-0.39, 0.29) is 17.9 Å². The second kappa shape index (κ2) is 7.39. The van der Waals surface area contributed by atoms with Crippen LogP contribution >= 0.6 is 11.6 Å². The normalized spacial score (nSPS) is 13.9. The molecule has 1 amide bonds. The highest BCUT2D eigenvalue weighted by Gasteiger charge is 2.35. The molecule has 1 aliphatic heterocycles. The molecule has 1 N–H and O–H groups in total. The lowest BCUT2D eigenvalue weighted by Gasteiger charge is -2.15. The maximum atomic E-state index is 13.9. The number of rotatable bonds is 3. The van der Waals surface area contributed by atoms with E-state index < -0.39 is 22.6 Å². The zero-order valence-electron chi connectivity index (χ0n) is 15.6. The quantitative estimate of drug-likeness (QED) is 0.621. The van der Waals surface area contributed by atoms with Gasteiger partial charge >= 0.3 is 6.18 Å². The Morgan fingerprint density at radius 2 is 2.03 bits per heavy atom. The molecule has 5 nitrogen and oxygen atoms in total. The molecule has 0 bridgehead atoms. The minimum atomic E-state index is -4.77. The molecule has 1 aliphatic rings. The standard InChI is InChI=1S/C20H15ClF4N4O/c1-10-17-16(3-5-27-19(17)30)29(28-10)13-2-4-26-12(9-13)6-11-7-14(20(23,24)25)18(21)15(22)8-11/h2,4,7-9H,3,5-6H2,1H3,(H,27,30). The average molecular weight is 439 g/mol. The number of nitrogens with zero attached hydrogens (tertiary/aromatic N) is 3. The van der Waals surface area contributed by atoms with Gasteiger partial charge in [0.25, 0.3) is 5.91 Å². The minimum absolute atomic E-state index is 0.0338. The lowest BCUT2D eigenvalue weighted by molar-refractivity contribution is -0.137. The predicted octanol–water partition coefficient (Wildman–Crippen LogP) is 4.26. The Labute approximate surface area is 173 Å². The van der Waals surface area contributed by atoms with Gasteiger partial charge in [0.2, 0.25) is 0 Å². The number of carbonyl (C=O) groups is 1. The van der Waals surface area contributed by atoms with E-state index in [0.717, 1.165) is 17.8 Å². The number of nitrogens with one attached hydrogen (secondary N) is 1. The van der Waals surface area contributed by atoms with Gasteiger partial charge in [0.1, 0.15) is 5.82 Å². The first kappa shape index (κ1) is 20.3. The van der Waals surface area contributed by atoms with Crippen LogP contribution in [0.2, 0.25) is 5.02 Å². The van der Waals surface area contributed by atoms with Crippen molar-refractivity contribution in [3.8, 4) is 5.69 Å². The SMILES string of the molecule is Cc1nn(-c2ccnc(Cc3cc(F)c(Cl)c(C(F)(F)F)c3)c2)c2c1C(=O)NCC2. The first-order valence-electron chi connectivity index (χ1n) is 9.02. The molecule has 0 spiro atoms. The molecule has 3 heterocycles. The smallest absolute Gasteiger partial charge is 0.352 e. The summed E-state index contributed by atoms with van der Waals surface area (Å²) < 4.78 is 54.9. The van der Waals surface area contributed by atoms with Crippen LogP contribution < -0.4 is 5.32 Å². The maximum Gasteiger partial charge on any atom is 0.417 e. The number of benzene rings is 1. The molecule has 0 radical (unpaired) electrons. The van der Waals surface area contributed by atoms with E-state index in [0.29, 0.717) is 35.6 Å². The number of aromatic nitrogens is 3. The summed E-state index contributed by atoms with van der Waals surface area (Å²) in [5.74, 6) is -1.33. The monoisotopic (exact) mass is 438 g/mol. The molecule has 0 saturated carbocycles. The summed E-state index contributed by atoms with van der Waals surface area (Å²) in [6.45, 7) is 2.22. The zero-order valence-corrected chi connectivity index (χ0v) is 16.4. The van der Waals surface area contributed by atoms with Crippen molar-refractivity contribution in [3.05, 3.63) is 75.1 Å². The fourth-order valence-corrected chi connectivity index (χ4v) is 3.77. The molecule has 2 aromatic heterocycles. The highest BCUT2D eigenvalue weighted by atomic mass is 35.5. The van der Waals surface area contributed by atoms with Crippen LogP contribution in [0.3, 0.4) is 0 Å². The highest BCUT2D eigenvalue weighted by molar-refractivity contribution is 6.31. The molecule has 0 atom stereocenters. The Morgan fingerprint density at radius 3 is 2.77 bits per heavy atom. The summed E-state index contributed by atoms with van der Waals surface area (Å²) in [6.07, 6.45) is -2.71. The van der Waals surface area contributed by atoms with Crippen LogP contribution in [-0.2, 0) is 19.0 Å². The number of fused-ring (bicyclic) bond motifs is 1. The van der Waals surface area contributed by atoms with Crippen molar-refractivity contribution in [2.75, 3.05) is 6.54 Å². The summed E-state index contributed by atoms with van der Waals surface area (Å²) in [5, 5.41) is 6.25. The van der Waals surface area contributed by atoms with E-state index in [1.54, 1.807) is 23.7 Å². The Balaban J connectivity index is 1.70. The highest BCUT2D eigenvalue weighted by Crippen LogP contribution is 2.37. The van der Waals surface area contributed by atoms with Gasteiger partial charge in [0, 0.05) is 31.3 Å². The Hall–Kier alpha value is -2.94. The average Bonchev–Trinajstić information content (AvgIpc) is 3.02. The molecule has 0 fully saturated rings. The maximum absolute atomic E-state index is 13.9. The minimum Gasteiger partial charge on any atom is -0.352 e. The van der Waals surface area contributed by atoms with Crippen molar-refractivity contribution in [1.29, 1.82) is 0 Å². The van der Waals surface area contributed by atoms with E-state index in [4.69, 9.17) is 11.6 Å². The van der Waals surface area contributed by atoms with Crippen LogP contribution in [0.25, 0.3) is 5.69 Å². The van der Waals surface area contributed by atoms with Crippen LogP contribution in [-0.4, -0.2) is 27.2 Å². The zero-order chi connectivity index (χ0) is 21.6. The van der Waals surface area contributed by atoms with Crippen molar-refractivity contribution in [2.24, 2.45) is 0 Å². The second-order valence-corrected chi connectivity index (χ2v) is 7.32. The summed E-state index contributed by atoms with van der Waals surface area (Å²) in [6, 6.07) is 5.13. The van der Waals surface area contributed by atoms with Crippen molar-refractivity contribution >= 4 is 17.5 Å². The second-order valence-electron chi connectivity index (χ2n) is 6.94. The number of carbonyl (C=O) groups excluding carboxylic acids is 1. The third kappa shape index (κ3) is 3.65. The van der Waals surface area contributed by atoms with Gasteiger partial charge in [-0.2, -0.15) is 18.3 Å². The van der Waals surface area contributed by atoms with Crippen LogP contribution in [0.1, 0.15) is 38.6 Å².